The van der Waals surface area contributed by atoms with Crippen LogP contribution in [0.5, 0.6) is 0 Å². The fourth-order valence-corrected chi connectivity index (χ4v) is 3.63. The average Bonchev–Trinajstić information content (AvgIpc) is 2.62. The lowest BCUT2D eigenvalue weighted by Gasteiger charge is -2.32. The number of nitrogens with zero attached hydrogens (tertiary/aromatic N) is 3. The van der Waals surface area contributed by atoms with Crippen molar-refractivity contribution in [2.75, 3.05) is 23.3 Å². The summed E-state index contributed by atoms with van der Waals surface area (Å²) in [5.74, 6) is 1.92. The van der Waals surface area contributed by atoms with E-state index in [9.17, 15) is 0 Å². The molecule has 0 amide bonds. The van der Waals surface area contributed by atoms with E-state index < -0.39 is 0 Å². The highest BCUT2D eigenvalue weighted by molar-refractivity contribution is 7.80. The minimum atomic E-state index is 0.0813. The first kappa shape index (κ1) is 18.9. The zero-order valence-electron chi connectivity index (χ0n) is 15.1. The molecule has 26 heavy (non-hydrogen) atoms. The molecule has 1 aromatic carbocycles. The normalized spacial score (nSPS) is 18.3. The lowest BCUT2D eigenvalue weighted by molar-refractivity contribution is 0.444. The molecule has 1 fully saturated rings. The zero-order valence-corrected chi connectivity index (χ0v) is 16.6. The highest BCUT2D eigenvalue weighted by Gasteiger charge is 2.19. The molecule has 7 heteroatoms. The van der Waals surface area contributed by atoms with E-state index in [0.29, 0.717) is 22.1 Å². The summed E-state index contributed by atoms with van der Waals surface area (Å²) in [5.41, 5.74) is 1.16. The monoisotopic (exact) mass is 389 g/mol. The molecule has 0 aliphatic carbocycles. The van der Waals surface area contributed by atoms with Crippen LogP contribution in [0.2, 0.25) is 5.15 Å². The van der Waals surface area contributed by atoms with Gasteiger partial charge in [0, 0.05) is 19.2 Å². The summed E-state index contributed by atoms with van der Waals surface area (Å²) in [5, 5.41) is 7.20. The van der Waals surface area contributed by atoms with Gasteiger partial charge in [-0.3, -0.25) is 0 Å². The Balaban J connectivity index is 1.66. The van der Waals surface area contributed by atoms with Crippen molar-refractivity contribution in [3.05, 3.63) is 47.1 Å². The minimum Gasteiger partial charge on any atom is -0.356 e. The van der Waals surface area contributed by atoms with Crippen molar-refractivity contribution in [2.45, 2.75) is 32.7 Å². The largest absolute Gasteiger partial charge is 0.356 e. The lowest BCUT2D eigenvalue weighted by atomic mass is 10.0. The molecule has 0 bridgehead atoms. The quantitative estimate of drug-likeness (QED) is 0.596. The molecule has 3 rings (SSSR count). The second-order valence-corrected chi connectivity index (χ2v) is 7.59. The maximum absolute atomic E-state index is 6.21. The van der Waals surface area contributed by atoms with Crippen molar-refractivity contribution >= 4 is 40.7 Å². The number of rotatable bonds is 4. The van der Waals surface area contributed by atoms with Crippen molar-refractivity contribution < 1.29 is 0 Å². The van der Waals surface area contributed by atoms with E-state index >= 15 is 0 Å². The molecule has 1 saturated heterocycles. The number of piperidine rings is 1. The maximum atomic E-state index is 6.21. The number of thiocarbonyl (C=S) groups is 1. The first-order valence-corrected chi connectivity index (χ1v) is 9.72. The van der Waals surface area contributed by atoms with Crippen molar-refractivity contribution in [3.63, 3.8) is 0 Å². The molecule has 5 nitrogen and oxygen atoms in total. The van der Waals surface area contributed by atoms with Crippen LogP contribution >= 0.6 is 23.8 Å². The van der Waals surface area contributed by atoms with Crippen LogP contribution in [0.1, 0.15) is 38.3 Å². The summed E-state index contributed by atoms with van der Waals surface area (Å²) in [4.78, 5) is 11.1. The van der Waals surface area contributed by atoms with E-state index in [-0.39, 0.29) is 6.04 Å². The number of benzene rings is 1. The first-order chi connectivity index (χ1) is 12.5. The van der Waals surface area contributed by atoms with Gasteiger partial charge in [0.25, 0.3) is 0 Å². The van der Waals surface area contributed by atoms with Gasteiger partial charge in [-0.15, -0.1) is 0 Å². The van der Waals surface area contributed by atoms with E-state index in [1.165, 1.54) is 12.8 Å². The standard InChI is InChI=1S/C19H24ClN5S/c1-13-7-6-10-25(12-13)17-11-16(20)22-18(23-17)24-19(26)21-14(2)15-8-4-3-5-9-15/h3-5,8-9,11,13-14H,6-7,10,12H2,1-2H3,(H2,21,22,23,24,26)/t13-,14+/m1/s1. The molecule has 0 spiro atoms. The Morgan fingerprint density at radius 3 is 2.81 bits per heavy atom. The predicted octanol–water partition coefficient (Wildman–Crippen LogP) is 4.41. The SMILES string of the molecule is C[C@@H]1CCCN(c2cc(Cl)nc(NC(=S)N[C@@H](C)c3ccccc3)n2)C1. The third-order valence-electron chi connectivity index (χ3n) is 4.53. The van der Waals surface area contributed by atoms with Crippen LogP contribution < -0.4 is 15.5 Å². The Hall–Kier alpha value is -1.92. The molecule has 2 aromatic rings. The van der Waals surface area contributed by atoms with Gasteiger partial charge in [-0.2, -0.15) is 4.98 Å². The molecular weight excluding hydrogens is 366 g/mol. The van der Waals surface area contributed by atoms with E-state index in [1.54, 1.807) is 0 Å². The second kappa shape index (κ2) is 8.64. The molecule has 2 atom stereocenters. The molecule has 138 valence electrons. The van der Waals surface area contributed by atoms with E-state index in [4.69, 9.17) is 23.8 Å². The van der Waals surface area contributed by atoms with Crippen LogP contribution in [0.25, 0.3) is 0 Å². The van der Waals surface area contributed by atoms with Crippen molar-refractivity contribution in [3.8, 4) is 0 Å². The van der Waals surface area contributed by atoms with E-state index in [2.05, 4.69) is 51.5 Å². The summed E-state index contributed by atoms with van der Waals surface area (Å²) in [7, 11) is 0. The summed E-state index contributed by atoms with van der Waals surface area (Å²) in [6.07, 6.45) is 2.42. The molecule has 0 unspecified atom stereocenters. The Morgan fingerprint density at radius 1 is 1.31 bits per heavy atom. The number of nitrogens with one attached hydrogen (secondary N) is 2. The molecule has 2 heterocycles. The smallest absolute Gasteiger partial charge is 0.232 e. The van der Waals surface area contributed by atoms with Gasteiger partial charge in [-0.1, -0.05) is 48.9 Å². The lowest BCUT2D eigenvalue weighted by Crippen LogP contribution is -2.35. The number of anilines is 2. The van der Waals surface area contributed by atoms with Crippen molar-refractivity contribution in [2.24, 2.45) is 5.92 Å². The summed E-state index contributed by atoms with van der Waals surface area (Å²) in [6, 6.07) is 12.0. The maximum Gasteiger partial charge on any atom is 0.232 e. The van der Waals surface area contributed by atoms with Crippen LogP contribution in [0.4, 0.5) is 11.8 Å². The fourth-order valence-electron chi connectivity index (χ4n) is 3.18. The van der Waals surface area contributed by atoms with E-state index in [1.807, 2.05) is 24.3 Å². The van der Waals surface area contributed by atoms with Gasteiger partial charge in [-0.25, -0.2) is 4.98 Å². The molecule has 1 aromatic heterocycles. The average molecular weight is 390 g/mol. The summed E-state index contributed by atoms with van der Waals surface area (Å²) >= 11 is 11.6. The minimum absolute atomic E-state index is 0.0813. The summed E-state index contributed by atoms with van der Waals surface area (Å²) in [6.45, 7) is 6.30. The highest BCUT2D eigenvalue weighted by Crippen LogP contribution is 2.24. The van der Waals surface area contributed by atoms with Crippen LogP contribution in [-0.4, -0.2) is 28.2 Å². The van der Waals surface area contributed by atoms with Crippen molar-refractivity contribution in [1.29, 1.82) is 0 Å². The number of hydrogen-bond donors (Lipinski definition) is 2. The highest BCUT2D eigenvalue weighted by atomic mass is 35.5. The summed E-state index contributed by atoms with van der Waals surface area (Å²) < 4.78 is 0. The van der Waals surface area contributed by atoms with Crippen LogP contribution in [0.15, 0.2) is 36.4 Å². The molecular formula is C19H24ClN5S. The number of halogens is 1. The Bertz CT molecular complexity index is 755. The fraction of sp³-hybridized carbons (Fsp3) is 0.421. The van der Waals surface area contributed by atoms with Gasteiger partial charge in [0.2, 0.25) is 5.95 Å². The molecule has 1 aliphatic rings. The van der Waals surface area contributed by atoms with Crippen LogP contribution in [-0.2, 0) is 0 Å². The van der Waals surface area contributed by atoms with Crippen LogP contribution in [0.3, 0.4) is 0 Å². The topological polar surface area (TPSA) is 53.1 Å². The van der Waals surface area contributed by atoms with Gasteiger partial charge in [0.15, 0.2) is 5.11 Å². The Morgan fingerprint density at radius 2 is 2.08 bits per heavy atom. The van der Waals surface area contributed by atoms with Gasteiger partial charge in [-0.05, 0) is 43.5 Å². The molecule has 2 N–H and O–H groups in total. The van der Waals surface area contributed by atoms with Gasteiger partial charge >= 0.3 is 0 Å². The Labute approximate surface area is 165 Å². The Kier molecular flexibility index (Phi) is 6.27. The van der Waals surface area contributed by atoms with Crippen LogP contribution in [0, 0.1) is 5.92 Å². The third-order valence-corrected chi connectivity index (χ3v) is 4.95. The van der Waals surface area contributed by atoms with Crippen molar-refractivity contribution in [1.82, 2.24) is 15.3 Å². The van der Waals surface area contributed by atoms with E-state index in [0.717, 1.165) is 24.5 Å². The molecule has 1 aliphatic heterocycles. The van der Waals surface area contributed by atoms with Gasteiger partial charge in [0.05, 0.1) is 6.04 Å². The zero-order chi connectivity index (χ0) is 18.5. The number of hydrogen-bond acceptors (Lipinski definition) is 4. The second-order valence-electron chi connectivity index (χ2n) is 6.80. The molecule has 0 radical (unpaired) electrons. The van der Waals surface area contributed by atoms with Gasteiger partial charge < -0.3 is 15.5 Å². The first-order valence-electron chi connectivity index (χ1n) is 8.93. The van der Waals surface area contributed by atoms with Gasteiger partial charge in [0.1, 0.15) is 11.0 Å². The third kappa shape index (κ3) is 5.05. The molecule has 0 saturated carbocycles. The number of aromatic nitrogens is 2. The predicted molar refractivity (Wildman–Crippen MR) is 112 cm³/mol.